The van der Waals surface area contributed by atoms with Gasteiger partial charge < -0.3 is 20.2 Å². The van der Waals surface area contributed by atoms with Crippen LogP contribution in [0.4, 0.5) is 0 Å². The average molecular weight is 685 g/mol. The van der Waals surface area contributed by atoms with Crippen LogP contribution in [0.3, 0.4) is 0 Å². The smallest absolute Gasteiger partial charge is 0.303 e. The molecule has 2 aliphatic rings. The first-order valence-corrected chi connectivity index (χ1v) is 15.6. The van der Waals surface area contributed by atoms with Gasteiger partial charge in [-0.05, 0) is 82.2 Å². The van der Waals surface area contributed by atoms with E-state index in [9.17, 15) is 19.8 Å². The fraction of sp³-hybridized carbons (Fsp3) is 0.353. The summed E-state index contributed by atoms with van der Waals surface area (Å²) in [4.78, 5) is 43.1. The number of nitrogens with zero attached hydrogens (tertiary/aromatic N) is 4. The van der Waals surface area contributed by atoms with Gasteiger partial charge in [0.1, 0.15) is 0 Å². The molecule has 45 heavy (non-hydrogen) atoms. The van der Waals surface area contributed by atoms with Gasteiger partial charge in [-0.2, -0.15) is 25.3 Å². The number of carboxylic acid groups (broad SMARTS) is 2. The molecule has 5 rings (SSSR count). The Bertz CT molecular complexity index is 1940. The number of carbonyl (C=O) groups is 2. The molecule has 3 aromatic rings. The van der Waals surface area contributed by atoms with E-state index in [0.29, 0.717) is 35.3 Å². The minimum atomic E-state index is -0.895. The van der Waals surface area contributed by atoms with E-state index in [1.54, 1.807) is 0 Å². The van der Waals surface area contributed by atoms with E-state index >= 15 is 0 Å². The van der Waals surface area contributed by atoms with Gasteiger partial charge in [0, 0.05) is 40.4 Å². The molecule has 5 heterocycles. The fourth-order valence-electron chi connectivity index (χ4n) is 6.15. The van der Waals surface area contributed by atoms with Crippen LogP contribution in [-0.4, -0.2) is 37.4 Å². The summed E-state index contributed by atoms with van der Waals surface area (Å²) in [5.74, 6) is -1.79. The van der Waals surface area contributed by atoms with Crippen molar-refractivity contribution in [3.05, 3.63) is 69.3 Å². The molecule has 0 amide bonds. The summed E-state index contributed by atoms with van der Waals surface area (Å²) >= 11 is 9.58. The number of aliphatic carboxylic acids is 2. The Balaban J connectivity index is 0.00000461. The number of hydrogen-bond acceptors (Lipinski definition) is 6. The fourth-order valence-corrected chi connectivity index (χ4v) is 6.80. The van der Waals surface area contributed by atoms with Crippen LogP contribution in [0, 0.1) is 13.8 Å². The number of fused-ring (bicyclic) bond motifs is 8. The molecule has 2 aliphatic heterocycles. The first kappa shape index (κ1) is 34.6. The van der Waals surface area contributed by atoms with Crippen LogP contribution in [0.5, 0.6) is 0 Å². The summed E-state index contributed by atoms with van der Waals surface area (Å²) in [5, 5.41) is 18.8. The topological polar surface area (TPSA) is 129 Å². The molecule has 2 N–H and O–H groups in total. The van der Waals surface area contributed by atoms with Crippen molar-refractivity contribution in [3.8, 4) is 0 Å². The van der Waals surface area contributed by atoms with Crippen molar-refractivity contribution in [3.63, 3.8) is 0 Å². The van der Waals surface area contributed by atoms with Gasteiger partial charge >= 0.3 is 11.9 Å². The van der Waals surface area contributed by atoms with E-state index < -0.39 is 11.9 Å². The van der Waals surface area contributed by atoms with Crippen LogP contribution in [0.15, 0.2) is 24.3 Å². The number of aromatic nitrogens is 4. The number of carboxylic acids is 2. The van der Waals surface area contributed by atoms with Gasteiger partial charge in [0.25, 0.3) is 0 Å². The number of allylic oxidation sites excluding steroid dienone is 3. The minimum Gasteiger partial charge on any atom is -0.657 e. The van der Waals surface area contributed by atoms with E-state index in [2.05, 4.69) is 0 Å². The molecule has 0 saturated heterocycles. The maximum Gasteiger partial charge on any atom is 0.303 e. The Labute approximate surface area is 284 Å². The second kappa shape index (κ2) is 13.6. The molecule has 0 fully saturated rings. The molecule has 0 aromatic carbocycles. The van der Waals surface area contributed by atoms with Gasteiger partial charge in [-0.1, -0.05) is 41.0 Å². The summed E-state index contributed by atoms with van der Waals surface area (Å²) in [6, 6.07) is 7.75. The molecule has 238 valence electrons. The molecule has 3 aromatic heterocycles. The van der Waals surface area contributed by atoms with Crippen molar-refractivity contribution < 1.29 is 36.9 Å². The van der Waals surface area contributed by atoms with Crippen LogP contribution < -0.4 is 9.97 Å². The van der Waals surface area contributed by atoms with Gasteiger partial charge in [-0.25, -0.2) is 9.97 Å². The largest absolute Gasteiger partial charge is 0.657 e. The van der Waals surface area contributed by atoms with Crippen molar-refractivity contribution in [1.29, 1.82) is 0 Å². The monoisotopic (exact) mass is 684 g/mol. The SMILES string of the molecule is CC1=C(CCC(=O)O)c2cc3[n-]c(cc4nc(cc5[n-]c(cc1n2)c(C)c5C(C)S)C(C)=C4C(C)S)c(C)c3CCC(=O)O.[Fe]. The normalized spacial score (nSPS) is 14.4. The molecule has 8 bridgehead atoms. The first-order chi connectivity index (χ1) is 20.8. The van der Waals surface area contributed by atoms with Crippen molar-refractivity contribution in [2.75, 3.05) is 0 Å². The van der Waals surface area contributed by atoms with Crippen LogP contribution in [0.25, 0.3) is 44.4 Å². The third-order valence-corrected chi connectivity index (χ3v) is 9.01. The van der Waals surface area contributed by atoms with Crippen LogP contribution in [0.1, 0.15) is 97.2 Å². The quantitative estimate of drug-likeness (QED) is 0.145. The third-order valence-electron chi connectivity index (χ3n) is 8.49. The van der Waals surface area contributed by atoms with E-state index in [1.165, 1.54) is 0 Å². The predicted octanol–water partition coefficient (Wildman–Crippen LogP) is 7.24. The van der Waals surface area contributed by atoms with Crippen molar-refractivity contribution in [2.45, 2.75) is 77.7 Å². The van der Waals surface area contributed by atoms with E-state index in [0.717, 1.165) is 67.0 Å². The number of rotatable bonds is 8. The molecule has 0 aliphatic carbocycles. The Hall–Kier alpha value is -3.24. The molecular weight excluding hydrogens is 648 g/mol. The third kappa shape index (κ3) is 6.82. The summed E-state index contributed by atoms with van der Waals surface area (Å²) in [5.41, 5.74) is 13.1. The van der Waals surface area contributed by atoms with E-state index in [4.69, 9.17) is 45.2 Å². The van der Waals surface area contributed by atoms with E-state index in [-0.39, 0.29) is 40.4 Å². The maximum absolute atomic E-state index is 11.6. The molecule has 2 unspecified atom stereocenters. The predicted molar refractivity (Wildman–Crippen MR) is 182 cm³/mol. The molecule has 8 nitrogen and oxygen atoms in total. The summed E-state index contributed by atoms with van der Waals surface area (Å²) < 4.78 is 0. The van der Waals surface area contributed by atoms with Crippen molar-refractivity contribution in [1.82, 2.24) is 19.9 Å². The summed E-state index contributed by atoms with van der Waals surface area (Å²) in [6.45, 7) is 12.0. The van der Waals surface area contributed by atoms with Gasteiger partial charge in [0.15, 0.2) is 0 Å². The molecule has 11 heteroatoms. The van der Waals surface area contributed by atoms with Crippen LogP contribution in [0.2, 0.25) is 0 Å². The molecule has 0 saturated carbocycles. The summed E-state index contributed by atoms with van der Waals surface area (Å²) in [7, 11) is 0. The van der Waals surface area contributed by atoms with Crippen LogP contribution in [-0.2, 0) is 33.1 Å². The second-order valence-electron chi connectivity index (χ2n) is 11.5. The van der Waals surface area contributed by atoms with Crippen molar-refractivity contribution in [2.24, 2.45) is 0 Å². The number of thiol groups is 2. The zero-order valence-corrected chi connectivity index (χ0v) is 28.9. The standard InChI is InChI=1S/C34H38N4O4S2.Fe/c1-15-21(7-9-31(39)40)27-14-28-22(8-10-32(41)42)16(2)24(36-28)12-29-34(20(6)44)18(4)26(38-29)13-30-33(19(5)43)17(3)25(37-30)11-23(15)35-27;/h11-14,19-20H,7-10H2,1-6H3,(H6,35,36,37,38,39,40,41,42,43,44);/p-2. The summed E-state index contributed by atoms with van der Waals surface area (Å²) in [6.07, 6.45) is 0.495. The molecule has 0 radical (unpaired) electrons. The zero-order valence-electron chi connectivity index (χ0n) is 26.0. The second-order valence-corrected chi connectivity index (χ2v) is 13.1. The van der Waals surface area contributed by atoms with Gasteiger partial charge in [0.2, 0.25) is 0 Å². The molecule has 2 atom stereocenters. The van der Waals surface area contributed by atoms with Gasteiger partial charge in [0.05, 0.1) is 22.8 Å². The minimum absolute atomic E-state index is 0. The molecular formula is C34H36FeN4O4S2-2. The number of hydrogen-bond donors (Lipinski definition) is 4. The Morgan fingerprint density at radius 2 is 1.22 bits per heavy atom. The van der Waals surface area contributed by atoms with Crippen LogP contribution >= 0.6 is 25.3 Å². The maximum atomic E-state index is 11.6. The number of aryl methyl sites for hydroxylation is 3. The Morgan fingerprint density at radius 3 is 1.84 bits per heavy atom. The van der Waals surface area contributed by atoms with Crippen molar-refractivity contribution >= 4 is 81.6 Å². The zero-order chi connectivity index (χ0) is 32.0. The van der Waals surface area contributed by atoms with Gasteiger partial charge in [-0.15, -0.1) is 22.1 Å². The van der Waals surface area contributed by atoms with Gasteiger partial charge in [-0.3, -0.25) is 9.59 Å². The first-order valence-electron chi connectivity index (χ1n) is 14.6. The molecule has 0 spiro atoms. The average Bonchev–Trinajstić information content (AvgIpc) is 3.59. The Kier molecular flexibility index (Phi) is 10.5. The Morgan fingerprint density at radius 1 is 0.711 bits per heavy atom. The van der Waals surface area contributed by atoms with E-state index in [1.807, 2.05) is 65.8 Å².